The van der Waals surface area contributed by atoms with Crippen LogP contribution in [0.2, 0.25) is 0 Å². The average Bonchev–Trinajstić information content (AvgIpc) is 2.93. The topological polar surface area (TPSA) is 80.3 Å². The Morgan fingerprint density at radius 1 is 0.415 bits per heavy atom. The molecule has 0 aliphatic carbocycles. The van der Waals surface area contributed by atoms with Gasteiger partial charge in [-0.1, -0.05) is 127 Å². The standard InChI is InChI=1S/2C18H32O2.Cu/c2*1-2-3-4-5-6-7-8-9-10-11-12-13-14-15-16-17-18(19)20;/h2*6-7,9-10H,2-5,8,11-17H2,1H3,(H,19,20);/p-2/b2*7-6-,10-9-;. The van der Waals surface area contributed by atoms with Crippen molar-refractivity contribution in [1.82, 2.24) is 0 Å². The Morgan fingerprint density at radius 3 is 0.976 bits per heavy atom. The molecule has 0 saturated carbocycles. The van der Waals surface area contributed by atoms with Crippen molar-refractivity contribution in [3.63, 3.8) is 0 Å². The molecule has 0 aromatic rings. The summed E-state index contributed by atoms with van der Waals surface area (Å²) in [5.41, 5.74) is 0. The van der Waals surface area contributed by atoms with Gasteiger partial charge in [-0.2, -0.15) is 0 Å². The molecule has 0 rings (SSSR count). The van der Waals surface area contributed by atoms with Crippen molar-refractivity contribution in [2.45, 2.75) is 168 Å². The first-order valence-corrected chi connectivity index (χ1v) is 16.5. The zero-order valence-electron chi connectivity index (χ0n) is 26.5. The molecule has 0 saturated heterocycles. The third-order valence-electron chi connectivity index (χ3n) is 6.66. The van der Waals surface area contributed by atoms with Crippen LogP contribution in [0.5, 0.6) is 0 Å². The Hall–Kier alpha value is -1.58. The van der Waals surface area contributed by atoms with Gasteiger partial charge in [0.25, 0.3) is 0 Å². The number of carbonyl (C=O) groups excluding carboxylic acids is 2. The molecule has 0 N–H and O–H groups in total. The number of unbranched alkanes of at least 4 members (excludes halogenated alkanes) is 16. The summed E-state index contributed by atoms with van der Waals surface area (Å²) in [5.74, 6) is -1.84. The normalized spacial score (nSPS) is 11.4. The molecule has 41 heavy (non-hydrogen) atoms. The summed E-state index contributed by atoms with van der Waals surface area (Å²) < 4.78 is 0. The van der Waals surface area contributed by atoms with Gasteiger partial charge >= 0.3 is 0 Å². The summed E-state index contributed by atoms with van der Waals surface area (Å²) in [6, 6.07) is 0. The van der Waals surface area contributed by atoms with Crippen molar-refractivity contribution in [3.8, 4) is 0 Å². The van der Waals surface area contributed by atoms with E-state index in [-0.39, 0.29) is 29.9 Å². The molecule has 5 heteroatoms. The first-order valence-electron chi connectivity index (χ1n) is 16.5. The number of carboxylic acids is 2. The van der Waals surface area contributed by atoms with Crippen LogP contribution in [0, 0.1) is 0 Å². The molecule has 0 aromatic carbocycles. The summed E-state index contributed by atoms with van der Waals surface area (Å²) in [7, 11) is 0. The molecule has 0 aliphatic heterocycles. The van der Waals surface area contributed by atoms with E-state index >= 15 is 0 Å². The summed E-state index contributed by atoms with van der Waals surface area (Å²) >= 11 is 0. The van der Waals surface area contributed by atoms with Crippen molar-refractivity contribution in [2.75, 3.05) is 0 Å². The fraction of sp³-hybridized carbons (Fsp3) is 0.722. The third kappa shape index (κ3) is 48.5. The summed E-state index contributed by atoms with van der Waals surface area (Å²) in [4.78, 5) is 20.4. The van der Waals surface area contributed by atoms with Crippen molar-refractivity contribution in [1.29, 1.82) is 0 Å². The third-order valence-corrected chi connectivity index (χ3v) is 6.66. The van der Waals surface area contributed by atoms with Gasteiger partial charge in [0.15, 0.2) is 0 Å². The molecule has 243 valence electrons. The second-order valence-electron chi connectivity index (χ2n) is 10.7. The number of carboxylic acid groups (broad SMARTS) is 2. The van der Waals surface area contributed by atoms with E-state index in [4.69, 9.17) is 0 Å². The van der Waals surface area contributed by atoms with Crippen LogP contribution >= 0.6 is 0 Å². The number of rotatable bonds is 28. The van der Waals surface area contributed by atoms with E-state index in [1.54, 1.807) is 0 Å². The minimum Gasteiger partial charge on any atom is -0.550 e. The van der Waals surface area contributed by atoms with Gasteiger partial charge in [0.05, 0.1) is 0 Å². The van der Waals surface area contributed by atoms with Gasteiger partial charge in [-0.15, -0.1) is 0 Å². The second-order valence-corrected chi connectivity index (χ2v) is 10.7. The zero-order chi connectivity index (χ0) is 29.8. The number of hydrogen-bond acceptors (Lipinski definition) is 4. The average molecular weight is 622 g/mol. The van der Waals surface area contributed by atoms with Gasteiger partial charge in [-0.3, -0.25) is 0 Å². The number of carbonyl (C=O) groups is 2. The Bertz CT molecular complexity index is 596. The van der Waals surface area contributed by atoms with E-state index in [9.17, 15) is 19.8 Å². The molecular weight excluding hydrogens is 560 g/mol. The van der Waals surface area contributed by atoms with Crippen molar-refractivity contribution in [2.24, 2.45) is 0 Å². The molecule has 0 heterocycles. The smallest absolute Gasteiger partial charge is 0.0414 e. The first-order chi connectivity index (χ1) is 19.5. The molecule has 0 fully saturated rings. The van der Waals surface area contributed by atoms with Crippen LogP contribution in [0.25, 0.3) is 0 Å². The number of hydrogen-bond donors (Lipinski definition) is 0. The van der Waals surface area contributed by atoms with Gasteiger partial charge in [-0.25, -0.2) is 0 Å². The minimum absolute atomic E-state index is 0. The summed E-state index contributed by atoms with van der Waals surface area (Å²) in [5, 5.41) is 20.4. The zero-order valence-corrected chi connectivity index (χ0v) is 27.5. The van der Waals surface area contributed by atoms with Crippen LogP contribution < -0.4 is 10.2 Å². The van der Waals surface area contributed by atoms with Crippen LogP contribution in [0.4, 0.5) is 0 Å². The molecule has 0 unspecified atom stereocenters. The van der Waals surface area contributed by atoms with Gasteiger partial charge in [0.1, 0.15) is 0 Å². The maximum atomic E-state index is 10.2. The molecule has 1 radical (unpaired) electrons. The fourth-order valence-corrected chi connectivity index (χ4v) is 4.16. The van der Waals surface area contributed by atoms with E-state index in [2.05, 4.69) is 62.5 Å². The van der Waals surface area contributed by atoms with E-state index in [0.717, 1.165) is 64.2 Å². The van der Waals surface area contributed by atoms with Crippen molar-refractivity contribution in [3.05, 3.63) is 48.6 Å². The van der Waals surface area contributed by atoms with E-state index in [1.807, 2.05) is 0 Å². The molecular formula is C36H62CuO4-2. The first kappa shape index (κ1) is 43.9. The Labute approximate surface area is 264 Å². The molecule has 4 nitrogen and oxygen atoms in total. The SMILES string of the molecule is CCCCC/C=C\C/C=C\CCCCCCCC(=O)[O-].CCCCC/C=C\C/C=C\CCCCCCCC(=O)[O-].[Cu]. The fourth-order valence-electron chi connectivity index (χ4n) is 4.16. The predicted molar refractivity (Wildman–Crippen MR) is 169 cm³/mol. The van der Waals surface area contributed by atoms with E-state index in [1.165, 1.54) is 77.0 Å². The summed E-state index contributed by atoms with van der Waals surface area (Å²) in [6.07, 6.45) is 43.9. The van der Waals surface area contributed by atoms with Crippen LogP contribution in [0.15, 0.2) is 48.6 Å². The maximum Gasteiger partial charge on any atom is 0.0414 e. The van der Waals surface area contributed by atoms with E-state index < -0.39 is 11.9 Å². The molecule has 0 bridgehead atoms. The second kappa shape index (κ2) is 40.6. The quantitative estimate of drug-likeness (QED) is 0.0495. The van der Waals surface area contributed by atoms with Gasteiger partial charge in [-0.05, 0) is 89.9 Å². The largest absolute Gasteiger partial charge is 0.550 e. The monoisotopic (exact) mass is 621 g/mol. The molecule has 0 aromatic heterocycles. The van der Waals surface area contributed by atoms with Gasteiger partial charge in [0.2, 0.25) is 0 Å². The molecule has 0 atom stereocenters. The number of aliphatic carboxylic acids is 2. The Kier molecular flexibility index (Phi) is 43.4. The van der Waals surface area contributed by atoms with Crippen LogP contribution in [0.3, 0.4) is 0 Å². The molecule has 0 aliphatic rings. The van der Waals surface area contributed by atoms with Crippen LogP contribution in [-0.4, -0.2) is 11.9 Å². The minimum atomic E-state index is -0.921. The van der Waals surface area contributed by atoms with Crippen LogP contribution in [-0.2, 0) is 26.7 Å². The summed E-state index contributed by atoms with van der Waals surface area (Å²) in [6.45, 7) is 4.46. The molecule has 0 spiro atoms. The van der Waals surface area contributed by atoms with Crippen molar-refractivity contribution >= 4 is 11.9 Å². The Balaban J connectivity index is -0.000000688. The Morgan fingerprint density at radius 2 is 0.683 bits per heavy atom. The molecule has 0 amide bonds. The maximum absolute atomic E-state index is 10.2. The van der Waals surface area contributed by atoms with Gasteiger partial charge < -0.3 is 19.8 Å². The van der Waals surface area contributed by atoms with E-state index in [0.29, 0.717) is 0 Å². The van der Waals surface area contributed by atoms with Crippen molar-refractivity contribution < 1.29 is 36.9 Å². The van der Waals surface area contributed by atoms with Crippen LogP contribution in [0.1, 0.15) is 168 Å². The predicted octanol–water partition coefficient (Wildman–Crippen LogP) is 9.10. The number of allylic oxidation sites excluding steroid dienone is 8. The van der Waals surface area contributed by atoms with Gasteiger partial charge in [0, 0.05) is 29.0 Å².